The first kappa shape index (κ1) is 17.7. The number of carbonyl (C=O) groups excluding carboxylic acids is 1. The lowest BCUT2D eigenvalue weighted by Gasteiger charge is -2.31. The first-order chi connectivity index (χ1) is 9.80. The predicted octanol–water partition coefficient (Wildman–Crippen LogP) is 3.63. The Balaban J connectivity index is 3.10. The molecule has 0 bridgehead atoms. The summed E-state index contributed by atoms with van der Waals surface area (Å²) in [5.41, 5.74) is -5.20. The zero-order chi connectivity index (χ0) is 17.3. The van der Waals surface area contributed by atoms with Crippen LogP contribution in [0.25, 0.3) is 0 Å². The Morgan fingerprint density at radius 2 is 1.45 bits per heavy atom. The molecule has 0 unspecified atom stereocenters. The number of esters is 1. The van der Waals surface area contributed by atoms with Crippen LogP contribution in [-0.4, -0.2) is 23.2 Å². The molecule has 122 valence electrons. The number of halogens is 6. The SMILES string of the molecule is CC(C(=O)Oc1ccc([N+](=O)[O-])cc1)(C(F)(F)F)C(F)(F)F. The van der Waals surface area contributed by atoms with Crippen molar-refractivity contribution in [3.05, 3.63) is 34.4 Å². The number of benzene rings is 1. The van der Waals surface area contributed by atoms with Crippen molar-refractivity contribution in [2.24, 2.45) is 5.41 Å². The maximum Gasteiger partial charge on any atom is 0.413 e. The molecule has 0 aliphatic rings. The monoisotopic (exact) mass is 331 g/mol. The fourth-order valence-electron chi connectivity index (χ4n) is 1.24. The molecule has 1 aromatic carbocycles. The summed E-state index contributed by atoms with van der Waals surface area (Å²) >= 11 is 0. The average molecular weight is 331 g/mol. The maximum atomic E-state index is 12.6. The van der Waals surface area contributed by atoms with Crippen molar-refractivity contribution in [3.63, 3.8) is 0 Å². The molecular formula is C11H7F6NO4. The van der Waals surface area contributed by atoms with Gasteiger partial charge in [0.2, 0.25) is 0 Å². The average Bonchev–Trinajstić information content (AvgIpc) is 2.35. The minimum Gasteiger partial charge on any atom is -0.426 e. The Hall–Kier alpha value is -2.33. The van der Waals surface area contributed by atoms with E-state index in [4.69, 9.17) is 0 Å². The Labute approximate surface area is 118 Å². The normalized spacial score (nSPS) is 12.9. The Bertz CT molecular complexity index is 564. The van der Waals surface area contributed by atoms with Gasteiger partial charge in [-0.1, -0.05) is 0 Å². The molecule has 0 aliphatic carbocycles. The van der Waals surface area contributed by atoms with Crippen molar-refractivity contribution in [1.82, 2.24) is 0 Å². The number of hydrogen-bond donors (Lipinski definition) is 0. The predicted molar refractivity (Wildman–Crippen MR) is 58.9 cm³/mol. The fourth-order valence-corrected chi connectivity index (χ4v) is 1.24. The summed E-state index contributed by atoms with van der Waals surface area (Å²) < 4.78 is 79.7. The van der Waals surface area contributed by atoms with Crippen molar-refractivity contribution in [3.8, 4) is 5.75 Å². The van der Waals surface area contributed by atoms with Crippen molar-refractivity contribution in [2.75, 3.05) is 0 Å². The quantitative estimate of drug-likeness (QED) is 0.279. The van der Waals surface area contributed by atoms with E-state index in [1.54, 1.807) is 0 Å². The van der Waals surface area contributed by atoms with Crippen molar-refractivity contribution >= 4 is 11.7 Å². The Morgan fingerprint density at radius 1 is 1.05 bits per heavy atom. The van der Waals surface area contributed by atoms with E-state index in [1.165, 1.54) is 0 Å². The van der Waals surface area contributed by atoms with Crippen LogP contribution in [0.2, 0.25) is 0 Å². The molecule has 0 aliphatic heterocycles. The number of alkyl halides is 6. The van der Waals surface area contributed by atoms with Gasteiger partial charge in [0.1, 0.15) is 5.75 Å². The maximum absolute atomic E-state index is 12.6. The Morgan fingerprint density at radius 3 is 1.77 bits per heavy atom. The van der Waals surface area contributed by atoms with E-state index in [1.807, 2.05) is 0 Å². The minimum atomic E-state index is -5.93. The van der Waals surface area contributed by atoms with E-state index < -0.39 is 40.1 Å². The highest BCUT2D eigenvalue weighted by Gasteiger charge is 2.73. The van der Waals surface area contributed by atoms with Gasteiger partial charge in [0.15, 0.2) is 0 Å². The second kappa shape index (κ2) is 5.46. The van der Waals surface area contributed by atoms with Gasteiger partial charge in [-0.3, -0.25) is 14.9 Å². The lowest BCUT2D eigenvalue weighted by molar-refractivity contribution is -0.384. The molecule has 5 nitrogen and oxygen atoms in total. The van der Waals surface area contributed by atoms with E-state index in [0.29, 0.717) is 12.1 Å². The standard InChI is InChI=1S/C11H7F6NO4/c1-9(10(12,13)14,11(15,16)17)8(19)22-7-4-2-6(3-5-7)18(20)21/h2-5H,1H3. The van der Waals surface area contributed by atoms with Gasteiger partial charge < -0.3 is 4.74 Å². The van der Waals surface area contributed by atoms with Crippen LogP contribution in [0.4, 0.5) is 32.0 Å². The van der Waals surface area contributed by atoms with Gasteiger partial charge >= 0.3 is 18.3 Å². The van der Waals surface area contributed by atoms with E-state index in [0.717, 1.165) is 12.1 Å². The van der Waals surface area contributed by atoms with Gasteiger partial charge in [0.25, 0.3) is 11.1 Å². The van der Waals surface area contributed by atoms with Gasteiger partial charge in [0.05, 0.1) is 4.92 Å². The first-order valence-electron chi connectivity index (χ1n) is 5.41. The zero-order valence-corrected chi connectivity index (χ0v) is 10.7. The van der Waals surface area contributed by atoms with Gasteiger partial charge in [-0.05, 0) is 19.1 Å². The zero-order valence-electron chi connectivity index (χ0n) is 10.7. The van der Waals surface area contributed by atoms with Crippen LogP contribution in [0.5, 0.6) is 5.75 Å². The summed E-state index contributed by atoms with van der Waals surface area (Å²) in [7, 11) is 0. The van der Waals surface area contributed by atoms with Crippen molar-refractivity contribution < 1.29 is 40.8 Å². The summed E-state index contributed by atoms with van der Waals surface area (Å²) in [6, 6.07) is 2.95. The molecule has 0 fully saturated rings. The number of non-ortho nitro benzene ring substituents is 1. The molecule has 0 amide bonds. The smallest absolute Gasteiger partial charge is 0.413 e. The van der Waals surface area contributed by atoms with Crippen LogP contribution in [0, 0.1) is 15.5 Å². The Kier molecular flexibility index (Phi) is 4.40. The molecule has 0 aromatic heterocycles. The fraction of sp³-hybridized carbons (Fsp3) is 0.364. The molecule has 0 saturated heterocycles. The second-order valence-electron chi connectivity index (χ2n) is 4.26. The molecule has 1 aromatic rings. The topological polar surface area (TPSA) is 69.4 Å². The number of rotatable bonds is 3. The number of nitro benzene ring substituents is 1. The van der Waals surface area contributed by atoms with E-state index in [2.05, 4.69) is 4.74 Å². The van der Waals surface area contributed by atoms with Crippen LogP contribution >= 0.6 is 0 Å². The van der Waals surface area contributed by atoms with Crippen LogP contribution < -0.4 is 4.74 Å². The molecule has 1 rings (SSSR count). The van der Waals surface area contributed by atoms with E-state index in [9.17, 15) is 41.3 Å². The highest BCUT2D eigenvalue weighted by atomic mass is 19.4. The second-order valence-corrected chi connectivity index (χ2v) is 4.26. The number of nitrogens with zero attached hydrogens (tertiary/aromatic N) is 1. The van der Waals surface area contributed by atoms with Gasteiger partial charge in [-0.15, -0.1) is 0 Å². The third-order valence-corrected chi connectivity index (χ3v) is 2.80. The summed E-state index contributed by atoms with van der Waals surface area (Å²) in [4.78, 5) is 20.9. The molecule has 11 heteroatoms. The van der Waals surface area contributed by atoms with E-state index >= 15 is 0 Å². The van der Waals surface area contributed by atoms with Crippen molar-refractivity contribution in [1.29, 1.82) is 0 Å². The van der Waals surface area contributed by atoms with Crippen LogP contribution in [0.15, 0.2) is 24.3 Å². The number of carbonyl (C=O) groups is 1. The summed E-state index contributed by atoms with van der Waals surface area (Å²) in [6.07, 6.45) is -11.9. The molecule has 0 N–H and O–H groups in total. The minimum absolute atomic E-state index is 0.347. The van der Waals surface area contributed by atoms with Crippen LogP contribution in [0.3, 0.4) is 0 Å². The highest BCUT2D eigenvalue weighted by Crippen LogP contribution is 2.50. The molecular weight excluding hydrogens is 324 g/mol. The van der Waals surface area contributed by atoms with Gasteiger partial charge in [-0.2, -0.15) is 26.3 Å². The lowest BCUT2D eigenvalue weighted by Crippen LogP contribution is -2.55. The van der Waals surface area contributed by atoms with Crippen molar-refractivity contribution in [2.45, 2.75) is 19.3 Å². The van der Waals surface area contributed by atoms with Gasteiger partial charge in [0, 0.05) is 12.1 Å². The number of ether oxygens (including phenoxy) is 1. The summed E-state index contributed by atoms with van der Waals surface area (Å²) in [5, 5.41) is 10.4. The third-order valence-electron chi connectivity index (χ3n) is 2.80. The summed E-state index contributed by atoms with van der Waals surface area (Å²) in [5.74, 6) is -3.27. The molecule has 0 atom stereocenters. The van der Waals surface area contributed by atoms with Crippen LogP contribution in [-0.2, 0) is 4.79 Å². The third kappa shape index (κ3) is 3.12. The van der Waals surface area contributed by atoms with E-state index in [-0.39, 0.29) is 6.92 Å². The van der Waals surface area contributed by atoms with Gasteiger partial charge in [-0.25, -0.2) is 0 Å². The molecule has 0 saturated carbocycles. The highest BCUT2D eigenvalue weighted by molar-refractivity contribution is 5.80. The molecule has 0 heterocycles. The number of hydrogen-bond acceptors (Lipinski definition) is 4. The largest absolute Gasteiger partial charge is 0.426 e. The molecule has 0 radical (unpaired) electrons. The number of nitro groups is 1. The molecule has 22 heavy (non-hydrogen) atoms. The first-order valence-corrected chi connectivity index (χ1v) is 5.41. The lowest BCUT2D eigenvalue weighted by atomic mass is 9.89. The molecule has 0 spiro atoms. The van der Waals surface area contributed by atoms with Crippen LogP contribution in [0.1, 0.15) is 6.92 Å². The summed E-state index contributed by atoms with van der Waals surface area (Å²) in [6.45, 7) is -0.347.